The number of aliphatic hydroxyl groups is 1. The quantitative estimate of drug-likeness (QED) is 0.284. The lowest BCUT2D eigenvalue weighted by Gasteiger charge is -2.13. The van der Waals surface area contributed by atoms with Gasteiger partial charge in [0.15, 0.2) is 0 Å². The molecule has 180 valence electrons. The second-order valence-corrected chi connectivity index (χ2v) is 9.96. The Morgan fingerprint density at radius 2 is 1.76 bits per heavy atom. The topological polar surface area (TPSA) is 113 Å². The summed E-state index contributed by atoms with van der Waals surface area (Å²) in [6, 6.07) is 17.0. The van der Waals surface area contributed by atoms with Crippen LogP contribution in [-0.2, 0) is 21.0 Å². The van der Waals surface area contributed by atoms with Crippen molar-refractivity contribution in [2.24, 2.45) is 0 Å². The molecule has 0 unspecified atom stereocenters. The third kappa shape index (κ3) is 6.36. The van der Waals surface area contributed by atoms with Gasteiger partial charge in [-0.15, -0.1) is 0 Å². The van der Waals surface area contributed by atoms with E-state index in [1.165, 1.54) is 24.3 Å². The summed E-state index contributed by atoms with van der Waals surface area (Å²) >= 11 is 5.95. The minimum atomic E-state index is -3.88. The molecular formula is C25H26ClNO6S. The number of ether oxygens (including phenoxy) is 1. The zero-order valence-corrected chi connectivity index (χ0v) is 20.1. The van der Waals surface area contributed by atoms with Gasteiger partial charge >= 0.3 is 5.97 Å². The average molecular weight is 504 g/mol. The van der Waals surface area contributed by atoms with Gasteiger partial charge in [0, 0.05) is 11.6 Å². The van der Waals surface area contributed by atoms with Crippen LogP contribution >= 0.6 is 11.6 Å². The summed E-state index contributed by atoms with van der Waals surface area (Å²) < 4.78 is 30.7. The molecule has 0 spiro atoms. The minimum Gasteiger partial charge on any atom is -0.507 e. The maximum atomic E-state index is 12.9. The number of halogens is 1. The molecule has 0 aromatic heterocycles. The molecule has 0 fully saturated rings. The number of hydrogen-bond acceptors (Lipinski definition) is 7. The van der Waals surface area contributed by atoms with E-state index in [4.69, 9.17) is 16.3 Å². The van der Waals surface area contributed by atoms with E-state index >= 15 is 0 Å². The van der Waals surface area contributed by atoms with Gasteiger partial charge in [-0.3, -0.25) is 0 Å². The fourth-order valence-corrected chi connectivity index (χ4v) is 4.81. The van der Waals surface area contributed by atoms with Crippen LogP contribution in [0.15, 0.2) is 76.5 Å². The van der Waals surface area contributed by atoms with Crippen LogP contribution in [0, 0.1) is 0 Å². The Morgan fingerprint density at radius 3 is 2.41 bits per heavy atom. The molecule has 3 rings (SSSR count). The first kappa shape index (κ1) is 25.7. The summed E-state index contributed by atoms with van der Waals surface area (Å²) in [6.45, 7) is 2.73. The standard InChI is InChI=1S/C25H26ClNO6S/c1-2-33-25(30)22-11-10-21(15-23(22)28)34(31,32)20-8-6-17(7-9-20)12-13-27-16-24(29)18-4-3-5-19(26)14-18/h3-11,14-15,24,27-29H,2,12-13,16H2,1H3/t24-/m0/s1. The number of esters is 1. The molecule has 3 aromatic rings. The Labute approximate surface area is 203 Å². The number of sulfone groups is 1. The van der Waals surface area contributed by atoms with E-state index in [1.54, 1.807) is 37.3 Å². The van der Waals surface area contributed by atoms with Crippen LogP contribution in [0.2, 0.25) is 5.02 Å². The number of phenolic OH excluding ortho intramolecular Hbond substituents is 1. The molecule has 0 radical (unpaired) electrons. The maximum Gasteiger partial charge on any atom is 0.341 e. The molecule has 1 atom stereocenters. The number of carbonyl (C=O) groups is 1. The van der Waals surface area contributed by atoms with E-state index in [-0.39, 0.29) is 22.0 Å². The highest BCUT2D eigenvalue weighted by atomic mass is 35.5. The van der Waals surface area contributed by atoms with Gasteiger partial charge in [0.05, 0.1) is 22.5 Å². The van der Waals surface area contributed by atoms with Crippen molar-refractivity contribution in [2.75, 3.05) is 19.7 Å². The number of aliphatic hydroxyl groups excluding tert-OH is 1. The molecule has 34 heavy (non-hydrogen) atoms. The van der Waals surface area contributed by atoms with Gasteiger partial charge in [0.2, 0.25) is 9.84 Å². The molecule has 0 saturated heterocycles. The van der Waals surface area contributed by atoms with Crippen LogP contribution in [0.5, 0.6) is 5.75 Å². The molecule has 0 aliphatic heterocycles. The fourth-order valence-electron chi connectivity index (χ4n) is 3.33. The van der Waals surface area contributed by atoms with Crippen LogP contribution in [0.3, 0.4) is 0 Å². The molecule has 0 aliphatic carbocycles. The summed E-state index contributed by atoms with van der Waals surface area (Å²) in [5, 5.41) is 24.1. The molecule has 3 N–H and O–H groups in total. The van der Waals surface area contributed by atoms with Gasteiger partial charge in [-0.1, -0.05) is 35.9 Å². The van der Waals surface area contributed by atoms with Gasteiger partial charge in [-0.2, -0.15) is 0 Å². The van der Waals surface area contributed by atoms with Crippen molar-refractivity contribution < 1.29 is 28.2 Å². The molecule has 3 aromatic carbocycles. The Kier molecular flexibility index (Phi) is 8.68. The van der Waals surface area contributed by atoms with Crippen LogP contribution in [-0.4, -0.2) is 44.3 Å². The Hall–Kier alpha value is -2.91. The molecule has 0 heterocycles. The van der Waals surface area contributed by atoms with E-state index < -0.39 is 27.7 Å². The number of rotatable bonds is 10. The summed E-state index contributed by atoms with van der Waals surface area (Å²) in [5.41, 5.74) is 1.56. The highest BCUT2D eigenvalue weighted by Gasteiger charge is 2.21. The molecule has 9 heteroatoms. The summed E-state index contributed by atoms with van der Waals surface area (Å²) in [5.74, 6) is -1.18. The third-order valence-corrected chi connectivity index (χ3v) is 7.17. The Bertz CT molecular complexity index is 1240. The van der Waals surface area contributed by atoms with Crippen molar-refractivity contribution in [3.63, 3.8) is 0 Å². The van der Waals surface area contributed by atoms with Crippen molar-refractivity contribution in [2.45, 2.75) is 29.2 Å². The first-order valence-corrected chi connectivity index (χ1v) is 12.6. The fraction of sp³-hybridized carbons (Fsp3) is 0.240. The SMILES string of the molecule is CCOC(=O)c1ccc(S(=O)(=O)c2ccc(CCNC[C@H](O)c3cccc(Cl)c3)cc2)cc1O. The minimum absolute atomic E-state index is 0.0730. The van der Waals surface area contributed by atoms with E-state index in [1.807, 2.05) is 6.07 Å². The second-order valence-electron chi connectivity index (χ2n) is 7.57. The van der Waals surface area contributed by atoms with E-state index in [0.717, 1.165) is 17.2 Å². The second kappa shape index (κ2) is 11.5. The van der Waals surface area contributed by atoms with Gasteiger partial charge in [0.1, 0.15) is 11.3 Å². The van der Waals surface area contributed by atoms with Gasteiger partial charge in [-0.05, 0) is 73.5 Å². The molecule has 0 amide bonds. The Morgan fingerprint density at radius 1 is 1.06 bits per heavy atom. The lowest BCUT2D eigenvalue weighted by molar-refractivity contribution is 0.0523. The van der Waals surface area contributed by atoms with Gasteiger partial charge in [0.25, 0.3) is 0 Å². The third-order valence-electron chi connectivity index (χ3n) is 5.17. The zero-order chi connectivity index (χ0) is 24.7. The van der Waals surface area contributed by atoms with E-state index in [9.17, 15) is 23.4 Å². The lowest BCUT2D eigenvalue weighted by Crippen LogP contribution is -2.23. The molecule has 7 nitrogen and oxygen atoms in total. The number of benzene rings is 3. The average Bonchev–Trinajstić information content (AvgIpc) is 2.82. The van der Waals surface area contributed by atoms with Gasteiger partial charge in [-0.25, -0.2) is 13.2 Å². The van der Waals surface area contributed by atoms with E-state index in [2.05, 4.69) is 5.32 Å². The van der Waals surface area contributed by atoms with Crippen LogP contribution in [0.25, 0.3) is 0 Å². The molecule has 0 saturated carbocycles. The maximum absolute atomic E-state index is 12.9. The largest absolute Gasteiger partial charge is 0.507 e. The number of phenols is 1. The molecular weight excluding hydrogens is 478 g/mol. The van der Waals surface area contributed by atoms with Crippen molar-refractivity contribution in [3.05, 3.63) is 88.4 Å². The van der Waals surface area contributed by atoms with Crippen molar-refractivity contribution >= 4 is 27.4 Å². The predicted octanol–water partition coefficient (Wildman–Crippen LogP) is 3.92. The normalized spacial score (nSPS) is 12.3. The van der Waals surface area contributed by atoms with Crippen molar-refractivity contribution in [1.29, 1.82) is 0 Å². The molecule has 0 aliphatic rings. The number of nitrogens with one attached hydrogen (secondary N) is 1. The summed E-state index contributed by atoms with van der Waals surface area (Å²) in [7, 11) is -3.88. The summed E-state index contributed by atoms with van der Waals surface area (Å²) in [4.78, 5) is 11.8. The Balaban J connectivity index is 1.59. The zero-order valence-electron chi connectivity index (χ0n) is 18.6. The van der Waals surface area contributed by atoms with Crippen molar-refractivity contribution in [3.8, 4) is 5.75 Å². The van der Waals surface area contributed by atoms with Crippen molar-refractivity contribution in [1.82, 2.24) is 5.32 Å². The highest BCUT2D eigenvalue weighted by molar-refractivity contribution is 7.91. The summed E-state index contributed by atoms with van der Waals surface area (Å²) in [6.07, 6.45) is -0.0460. The number of carbonyl (C=O) groups excluding carboxylic acids is 1. The first-order valence-electron chi connectivity index (χ1n) is 10.7. The predicted molar refractivity (Wildman–Crippen MR) is 129 cm³/mol. The van der Waals surface area contributed by atoms with Crippen LogP contribution in [0.4, 0.5) is 0 Å². The number of hydrogen-bond donors (Lipinski definition) is 3. The lowest BCUT2D eigenvalue weighted by atomic mass is 10.1. The van der Waals surface area contributed by atoms with Gasteiger partial charge < -0.3 is 20.3 Å². The highest BCUT2D eigenvalue weighted by Crippen LogP contribution is 2.27. The van der Waals surface area contributed by atoms with Crippen LogP contribution < -0.4 is 5.32 Å². The monoisotopic (exact) mass is 503 g/mol. The first-order chi connectivity index (χ1) is 16.2. The van der Waals surface area contributed by atoms with E-state index in [0.29, 0.717) is 24.5 Å². The number of aromatic hydroxyl groups is 1. The van der Waals surface area contributed by atoms with Crippen LogP contribution in [0.1, 0.15) is 34.5 Å². The smallest absolute Gasteiger partial charge is 0.341 e. The molecule has 0 bridgehead atoms.